The first-order valence-corrected chi connectivity index (χ1v) is 4.30. The quantitative estimate of drug-likeness (QED) is 0.413. The number of aliphatic hydroxyl groups is 3. The van der Waals surface area contributed by atoms with Crippen LogP contribution >= 0.6 is 0 Å². The zero-order chi connectivity index (χ0) is 10.0. The largest absolute Gasteiger partial charge is 0.396 e. The Morgan fingerprint density at radius 3 is 2.46 bits per heavy atom. The van der Waals surface area contributed by atoms with E-state index in [4.69, 9.17) is 5.11 Å². The molecule has 0 saturated heterocycles. The number of rotatable bonds is 2. The molecular weight excluding hydrogens is 174 g/mol. The van der Waals surface area contributed by atoms with Gasteiger partial charge < -0.3 is 20.6 Å². The van der Waals surface area contributed by atoms with E-state index in [2.05, 4.69) is 5.32 Å². The van der Waals surface area contributed by atoms with Gasteiger partial charge in [-0.25, -0.2) is 0 Å². The lowest BCUT2D eigenvalue weighted by atomic mass is 10.1. The molecule has 5 heteroatoms. The fourth-order valence-electron chi connectivity index (χ4n) is 1.71. The topological polar surface area (TPSA) is 89.8 Å². The summed E-state index contributed by atoms with van der Waals surface area (Å²) in [6, 6.07) is -0.440. The maximum atomic E-state index is 10.7. The highest BCUT2D eigenvalue weighted by Gasteiger charge is 2.41. The van der Waals surface area contributed by atoms with Crippen LogP contribution in [-0.4, -0.2) is 46.1 Å². The van der Waals surface area contributed by atoms with Crippen LogP contribution in [0, 0.1) is 5.92 Å². The van der Waals surface area contributed by atoms with Crippen molar-refractivity contribution in [2.45, 2.75) is 31.6 Å². The third-order valence-corrected chi connectivity index (χ3v) is 2.42. The van der Waals surface area contributed by atoms with E-state index in [-0.39, 0.29) is 18.4 Å². The Labute approximate surface area is 76.4 Å². The van der Waals surface area contributed by atoms with Crippen LogP contribution in [0.2, 0.25) is 0 Å². The van der Waals surface area contributed by atoms with Gasteiger partial charge in [0.25, 0.3) is 0 Å². The second-order valence-corrected chi connectivity index (χ2v) is 3.47. The lowest BCUT2D eigenvalue weighted by Gasteiger charge is -2.16. The molecule has 4 unspecified atom stereocenters. The second-order valence-electron chi connectivity index (χ2n) is 3.47. The number of nitrogens with one attached hydrogen (secondary N) is 1. The van der Waals surface area contributed by atoms with Crippen LogP contribution < -0.4 is 5.32 Å². The van der Waals surface area contributed by atoms with Crippen LogP contribution in [0.5, 0.6) is 0 Å². The molecule has 0 aliphatic heterocycles. The van der Waals surface area contributed by atoms with Gasteiger partial charge in [0, 0.05) is 19.4 Å². The zero-order valence-electron chi connectivity index (χ0n) is 7.47. The highest BCUT2D eigenvalue weighted by atomic mass is 16.3. The first-order valence-electron chi connectivity index (χ1n) is 4.30. The third kappa shape index (κ3) is 2.18. The number of amides is 1. The van der Waals surface area contributed by atoms with E-state index in [1.807, 2.05) is 0 Å². The Morgan fingerprint density at radius 1 is 1.46 bits per heavy atom. The molecule has 0 aromatic heterocycles. The van der Waals surface area contributed by atoms with E-state index in [1.165, 1.54) is 6.92 Å². The average Bonchev–Trinajstić information content (AvgIpc) is 2.32. The molecule has 0 aromatic rings. The standard InChI is InChI=1S/C8H15NO4/c1-4(11)9-6-2-5(3-10)7(12)8(6)13/h5-8,10,12-13H,2-3H2,1H3,(H,9,11). The molecule has 0 spiro atoms. The molecule has 0 bridgehead atoms. The third-order valence-electron chi connectivity index (χ3n) is 2.42. The highest BCUT2D eigenvalue weighted by Crippen LogP contribution is 2.26. The summed E-state index contributed by atoms with van der Waals surface area (Å²) in [6.45, 7) is 1.18. The van der Waals surface area contributed by atoms with Crippen molar-refractivity contribution in [2.24, 2.45) is 5.92 Å². The first kappa shape index (κ1) is 10.4. The first-order chi connectivity index (χ1) is 6.06. The van der Waals surface area contributed by atoms with Crippen molar-refractivity contribution in [3.05, 3.63) is 0 Å². The lowest BCUT2D eigenvalue weighted by molar-refractivity contribution is -0.120. The predicted octanol–water partition coefficient (Wildman–Crippen LogP) is -1.77. The molecule has 13 heavy (non-hydrogen) atoms. The van der Waals surface area contributed by atoms with Crippen LogP contribution in [0.3, 0.4) is 0 Å². The van der Waals surface area contributed by atoms with Crippen LogP contribution in [0.1, 0.15) is 13.3 Å². The molecular formula is C8H15NO4. The van der Waals surface area contributed by atoms with Gasteiger partial charge in [-0.15, -0.1) is 0 Å². The summed E-state index contributed by atoms with van der Waals surface area (Å²) >= 11 is 0. The molecule has 1 saturated carbocycles. The van der Waals surface area contributed by atoms with E-state index in [9.17, 15) is 15.0 Å². The molecule has 4 atom stereocenters. The van der Waals surface area contributed by atoms with Gasteiger partial charge in [-0.05, 0) is 6.42 Å². The van der Waals surface area contributed by atoms with Gasteiger partial charge in [0.05, 0.1) is 12.1 Å². The summed E-state index contributed by atoms with van der Waals surface area (Å²) in [5.41, 5.74) is 0. The zero-order valence-corrected chi connectivity index (χ0v) is 7.47. The maximum Gasteiger partial charge on any atom is 0.217 e. The number of aliphatic hydroxyl groups excluding tert-OH is 3. The van der Waals surface area contributed by atoms with Gasteiger partial charge in [-0.3, -0.25) is 4.79 Å². The summed E-state index contributed by atoms with van der Waals surface area (Å²) in [4.78, 5) is 10.7. The van der Waals surface area contributed by atoms with Crippen LogP contribution in [0.4, 0.5) is 0 Å². The molecule has 5 nitrogen and oxygen atoms in total. The van der Waals surface area contributed by atoms with E-state index in [0.29, 0.717) is 6.42 Å². The molecule has 1 amide bonds. The van der Waals surface area contributed by atoms with Crippen molar-refractivity contribution in [1.29, 1.82) is 0 Å². The van der Waals surface area contributed by atoms with E-state index in [1.54, 1.807) is 0 Å². The molecule has 1 fully saturated rings. The minimum absolute atomic E-state index is 0.172. The summed E-state index contributed by atoms with van der Waals surface area (Å²) in [5.74, 6) is -0.582. The minimum Gasteiger partial charge on any atom is -0.396 e. The summed E-state index contributed by atoms with van der Waals surface area (Å²) in [7, 11) is 0. The maximum absolute atomic E-state index is 10.7. The van der Waals surface area contributed by atoms with Gasteiger partial charge in [0.15, 0.2) is 0 Å². The Bertz CT molecular complexity index is 197. The Kier molecular flexibility index (Phi) is 3.24. The predicted molar refractivity (Wildman–Crippen MR) is 44.8 cm³/mol. The SMILES string of the molecule is CC(=O)NC1CC(CO)C(O)C1O. The van der Waals surface area contributed by atoms with E-state index >= 15 is 0 Å². The minimum atomic E-state index is -0.971. The van der Waals surface area contributed by atoms with E-state index in [0.717, 1.165) is 0 Å². The number of carbonyl (C=O) groups excluding carboxylic acids is 1. The Morgan fingerprint density at radius 2 is 2.08 bits per heavy atom. The normalized spacial score (nSPS) is 39.1. The van der Waals surface area contributed by atoms with Crippen molar-refractivity contribution in [3.8, 4) is 0 Å². The Hall–Kier alpha value is -0.650. The number of hydrogen-bond acceptors (Lipinski definition) is 4. The van der Waals surface area contributed by atoms with Crippen LogP contribution in [0.25, 0.3) is 0 Å². The molecule has 0 aromatic carbocycles. The molecule has 0 radical (unpaired) electrons. The smallest absolute Gasteiger partial charge is 0.217 e. The van der Waals surface area contributed by atoms with Gasteiger partial charge in [-0.2, -0.15) is 0 Å². The van der Waals surface area contributed by atoms with Gasteiger partial charge >= 0.3 is 0 Å². The molecule has 1 rings (SSSR count). The number of hydrogen-bond donors (Lipinski definition) is 4. The highest BCUT2D eigenvalue weighted by molar-refractivity contribution is 5.73. The van der Waals surface area contributed by atoms with E-state index < -0.39 is 18.2 Å². The molecule has 4 N–H and O–H groups in total. The monoisotopic (exact) mass is 189 g/mol. The fourth-order valence-corrected chi connectivity index (χ4v) is 1.71. The summed E-state index contributed by atoms with van der Waals surface area (Å²) in [6.07, 6.45) is -1.50. The van der Waals surface area contributed by atoms with Gasteiger partial charge in [0.1, 0.15) is 6.10 Å². The fraction of sp³-hybridized carbons (Fsp3) is 0.875. The molecule has 76 valence electrons. The molecule has 1 aliphatic rings. The average molecular weight is 189 g/mol. The van der Waals surface area contributed by atoms with Crippen LogP contribution in [0.15, 0.2) is 0 Å². The summed E-state index contributed by atoms with van der Waals surface area (Å²) in [5, 5.41) is 30.2. The van der Waals surface area contributed by atoms with Crippen molar-refractivity contribution < 1.29 is 20.1 Å². The van der Waals surface area contributed by atoms with Crippen molar-refractivity contribution in [3.63, 3.8) is 0 Å². The number of carbonyl (C=O) groups is 1. The lowest BCUT2D eigenvalue weighted by Crippen LogP contribution is -2.42. The van der Waals surface area contributed by atoms with Crippen molar-refractivity contribution in [2.75, 3.05) is 6.61 Å². The molecule has 0 heterocycles. The molecule has 1 aliphatic carbocycles. The van der Waals surface area contributed by atoms with Crippen molar-refractivity contribution in [1.82, 2.24) is 5.32 Å². The van der Waals surface area contributed by atoms with Crippen LogP contribution in [-0.2, 0) is 4.79 Å². The van der Waals surface area contributed by atoms with Gasteiger partial charge in [-0.1, -0.05) is 0 Å². The Balaban J connectivity index is 2.55. The second kappa shape index (κ2) is 4.04. The van der Waals surface area contributed by atoms with Crippen molar-refractivity contribution >= 4 is 5.91 Å². The summed E-state index contributed by atoms with van der Waals surface area (Å²) < 4.78 is 0. The van der Waals surface area contributed by atoms with Gasteiger partial charge in [0.2, 0.25) is 5.91 Å².